The Morgan fingerprint density at radius 3 is 2.67 bits per heavy atom. The van der Waals surface area contributed by atoms with Crippen LogP contribution in [0.4, 0.5) is 17.2 Å². The molecule has 2 N–H and O–H groups in total. The molecular formula is C25H35N5O3. The number of aliphatic hydroxyl groups is 1. The van der Waals surface area contributed by atoms with E-state index in [1.807, 2.05) is 50.8 Å². The lowest BCUT2D eigenvalue weighted by atomic mass is 9.94. The van der Waals surface area contributed by atoms with Gasteiger partial charge >= 0.3 is 0 Å². The normalized spacial score (nSPS) is 15.1. The van der Waals surface area contributed by atoms with E-state index in [1.165, 1.54) is 6.33 Å². The van der Waals surface area contributed by atoms with Crippen molar-refractivity contribution in [3.63, 3.8) is 0 Å². The van der Waals surface area contributed by atoms with Crippen molar-refractivity contribution < 1.29 is 14.6 Å². The Morgan fingerprint density at radius 2 is 2.00 bits per heavy atom. The van der Waals surface area contributed by atoms with Gasteiger partial charge < -0.3 is 20.1 Å². The molecule has 1 aliphatic rings. The molecule has 1 aromatic carbocycles. The van der Waals surface area contributed by atoms with Crippen LogP contribution >= 0.6 is 0 Å². The van der Waals surface area contributed by atoms with Crippen molar-refractivity contribution in [2.75, 3.05) is 25.0 Å². The predicted molar refractivity (Wildman–Crippen MR) is 131 cm³/mol. The minimum absolute atomic E-state index is 0.0263. The van der Waals surface area contributed by atoms with Gasteiger partial charge in [0.25, 0.3) is 5.91 Å². The summed E-state index contributed by atoms with van der Waals surface area (Å²) in [7, 11) is 0. The number of nitrogens with zero attached hydrogens (tertiary/aromatic N) is 4. The fraction of sp³-hybridized carbons (Fsp3) is 0.520. The van der Waals surface area contributed by atoms with Crippen LogP contribution in [0, 0.1) is 19.8 Å². The van der Waals surface area contributed by atoms with Crippen LogP contribution in [0.25, 0.3) is 0 Å². The van der Waals surface area contributed by atoms with Gasteiger partial charge in [-0.1, -0.05) is 6.07 Å². The van der Waals surface area contributed by atoms with Gasteiger partial charge in [0.15, 0.2) is 5.82 Å². The van der Waals surface area contributed by atoms with Gasteiger partial charge in [0.05, 0.1) is 17.5 Å². The Balaban J connectivity index is 1.83. The van der Waals surface area contributed by atoms with Gasteiger partial charge in [-0.25, -0.2) is 15.0 Å². The predicted octanol–water partition coefficient (Wildman–Crippen LogP) is 4.34. The molecule has 8 nitrogen and oxygen atoms in total. The van der Waals surface area contributed by atoms with Crippen molar-refractivity contribution in [2.24, 2.45) is 10.9 Å². The zero-order chi connectivity index (χ0) is 24.0. The van der Waals surface area contributed by atoms with E-state index in [0.717, 1.165) is 36.3 Å². The van der Waals surface area contributed by atoms with Crippen molar-refractivity contribution in [1.82, 2.24) is 14.9 Å². The molecule has 0 spiro atoms. The first-order valence-corrected chi connectivity index (χ1v) is 11.6. The highest BCUT2D eigenvalue weighted by molar-refractivity contribution is 6.38. The van der Waals surface area contributed by atoms with Crippen molar-refractivity contribution in [1.29, 1.82) is 0 Å². The Kier molecular flexibility index (Phi) is 8.38. The first-order valence-electron chi connectivity index (χ1n) is 11.6. The first-order chi connectivity index (χ1) is 15.8. The highest BCUT2D eigenvalue weighted by Crippen LogP contribution is 2.34. The number of likely N-dealkylation sites (tertiary alicyclic amines) is 1. The summed E-state index contributed by atoms with van der Waals surface area (Å²) in [6.45, 7) is 11.1. The number of carbonyl (C=O) groups is 1. The average molecular weight is 454 g/mol. The summed E-state index contributed by atoms with van der Waals surface area (Å²) in [6.07, 6.45) is 4.12. The maximum Gasteiger partial charge on any atom is 0.267 e. The number of aliphatic imine (C=N–C) groups is 1. The molecule has 0 bridgehead atoms. The molecule has 3 rings (SSSR count). The van der Waals surface area contributed by atoms with Crippen molar-refractivity contribution in [3.05, 3.63) is 35.8 Å². The molecule has 8 heteroatoms. The van der Waals surface area contributed by atoms with Crippen LogP contribution in [0.3, 0.4) is 0 Å². The van der Waals surface area contributed by atoms with E-state index in [4.69, 9.17) is 9.84 Å². The number of aliphatic hydroxyl groups excluding tert-OH is 1. The third-order valence-corrected chi connectivity index (χ3v) is 5.79. The average Bonchev–Trinajstić information content (AvgIpc) is 2.77. The summed E-state index contributed by atoms with van der Waals surface area (Å²) in [5.41, 5.74) is 3.49. The maximum absolute atomic E-state index is 13.0. The molecular weight excluding hydrogens is 418 g/mol. The van der Waals surface area contributed by atoms with E-state index in [1.54, 1.807) is 6.92 Å². The minimum Gasteiger partial charge on any atom is -0.489 e. The molecule has 2 heterocycles. The summed E-state index contributed by atoms with van der Waals surface area (Å²) in [5, 5.41) is 12.5. The third-order valence-electron chi connectivity index (χ3n) is 5.79. The minimum atomic E-state index is -0.0779. The van der Waals surface area contributed by atoms with Gasteiger partial charge in [0.2, 0.25) is 0 Å². The lowest BCUT2D eigenvalue weighted by Crippen LogP contribution is -2.41. The number of nitrogens with one attached hydrogen (secondary N) is 1. The van der Waals surface area contributed by atoms with Gasteiger partial charge in [-0.15, -0.1) is 0 Å². The molecule has 0 atom stereocenters. The number of amides is 1. The van der Waals surface area contributed by atoms with Crippen molar-refractivity contribution in [2.45, 2.75) is 60.0 Å². The number of carbonyl (C=O) groups excluding carboxylic acids is 1. The van der Waals surface area contributed by atoms with Crippen LogP contribution in [-0.2, 0) is 4.79 Å². The molecule has 0 aliphatic carbocycles. The van der Waals surface area contributed by atoms with Gasteiger partial charge in [0.1, 0.15) is 23.5 Å². The van der Waals surface area contributed by atoms with E-state index in [0.29, 0.717) is 41.9 Å². The fourth-order valence-corrected chi connectivity index (χ4v) is 3.96. The van der Waals surface area contributed by atoms with Gasteiger partial charge in [-0.2, -0.15) is 0 Å². The molecule has 1 amide bonds. The summed E-state index contributed by atoms with van der Waals surface area (Å²) in [4.78, 5) is 28.2. The molecule has 33 heavy (non-hydrogen) atoms. The Hall–Kier alpha value is -3.00. The topological polar surface area (TPSA) is 99.9 Å². The highest BCUT2D eigenvalue weighted by Gasteiger charge is 2.24. The Morgan fingerprint density at radius 1 is 1.27 bits per heavy atom. The smallest absolute Gasteiger partial charge is 0.267 e. The van der Waals surface area contributed by atoms with E-state index in [9.17, 15) is 4.79 Å². The van der Waals surface area contributed by atoms with Crippen molar-refractivity contribution in [3.8, 4) is 5.75 Å². The number of ether oxygens (including phenoxy) is 1. The largest absolute Gasteiger partial charge is 0.489 e. The number of benzene rings is 1. The fourth-order valence-electron chi connectivity index (χ4n) is 3.96. The molecule has 2 aromatic rings. The van der Waals surface area contributed by atoms with E-state index in [-0.39, 0.29) is 18.6 Å². The molecule has 0 saturated carbocycles. The lowest BCUT2D eigenvalue weighted by molar-refractivity contribution is -0.125. The standard InChI is InChI=1S/C25H35N5O3/c1-16(2)33-22-14-17(3)6-7-21(22)29-24-23(18(4)26-15-27-24)28-19(5)25(32)30-11-8-20(9-12-30)10-13-31/h6-7,14-16,20,31H,8-13H2,1-5H3,(H,26,27,29)/b28-19+. The zero-order valence-electron chi connectivity index (χ0n) is 20.3. The van der Waals surface area contributed by atoms with Crippen LogP contribution in [0.5, 0.6) is 5.75 Å². The van der Waals surface area contributed by atoms with Gasteiger partial charge in [-0.3, -0.25) is 4.79 Å². The quantitative estimate of drug-likeness (QED) is 0.577. The second-order valence-corrected chi connectivity index (χ2v) is 8.89. The number of anilines is 2. The Bertz CT molecular complexity index is 998. The maximum atomic E-state index is 13.0. The number of rotatable bonds is 8. The van der Waals surface area contributed by atoms with Crippen LogP contribution < -0.4 is 10.1 Å². The SMILES string of the molecule is C/C(=N\c1c(C)ncnc1Nc1ccc(C)cc1OC(C)C)C(=O)N1CCC(CCO)CC1. The first kappa shape index (κ1) is 24.6. The van der Waals surface area contributed by atoms with Crippen molar-refractivity contribution >= 4 is 28.8 Å². The molecule has 0 radical (unpaired) electrons. The highest BCUT2D eigenvalue weighted by atomic mass is 16.5. The van der Waals surface area contributed by atoms with Crippen LogP contribution in [0.15, 0.2) is 29.5 Å². The van der Waals surface area contributed by atoms with Crippen LogP contribution in [0.2, 0.25) is 0 Å². The summed E-state index contributed by atoms with van der Waals surface area (Å²) in [6, 6.07) is 5.93. The van der Waals surface area contributed by atoms with Crippen LogP contribution in [-0.4, -0.2) is 57.4 Å². The molecule has 1 aliphatic heterocycles. The van der Waals surface area contributed by atoms with Gasteiger partial charge in [0, 0.05) is 19.7 Å². The summed E-state index contributed by atoms with van der Waals surface area (Å²) >= 11 is 0. The van der Waals surface area contributed by atoms with E-state index >= 15 is 0 Å². The van der Waals surface area contributed by atoms with E-state index in [2.05, 4.69) is 20.3 Å². The molecule has 0 unspecified atom stereocenters. The number of aromatic nitrogens is 2. The number of hydrogen-bond acceptors (Lipinski definition) is 7. The summed E-state index contributed by atoms with van der Waals surface area (Å²) < 4.78 is 5.97. The third kappa shape index (κ3) is 6.51. The summed E-state index contributed by atoms with van der Waals surface area (Å²) in [5.74, 6) is 1.66. The Labute approximate surface area is 196 Å². The second kappa shape index (κ2) is 11.2. The second-order valence-electron chi connectivity index (χ2n) is 8.89. The lowest BCUT2D eigenvalue weighted by Gasteiger charge is -2.31. The number of piperidine rings is 1. The molecule has 178 valence electrons. The molecule has 1 fully saturated rings. The molecule has 1 saturated heterocycles. The monoisotopic (exact) mass is 453 g/mol. The van der Waals surface area contributed by atoms with E-state index < -0.39 is 0 Å². The van der Waals surface area contributed by atoms with Gasteiger partial charge in [-0.05, 0) is 77.5 Å². The number of aryl methyl sites for hydroxylation is 2. The number of hydrogen-bond donors (Lipinski definition) is 2. The van der Waals surface area contributed by atoms with Crippen LogP contribution in [0.1, 0.15) is 51.3 Å². The zero-order valence-corrected chi connectivity index (χ0v) is 20.3. The molecule has 1 aromatic heterocycles.